The molecule has 3 N–H and O–H groups in total. The van der Waals surface area contributed by atoms with Crippen molar-refractivity contribution in [3.05, 3.63) is 114 Å². The average molecular weight is 838 g/mol. The summed E-state index contributed by atoms with van der Waals surface area (Å²) in [6.45, 7) is 3.71. The molecule has 6 aromatic carbocycles. The second-order valence-electron chi connectivity index (χ2n) is 11.6. The van der Waals surface area contributed by atoms with Crippen molar-refractivity contribution in [1.82, 2.24) is 0 Å². The van der Waals surface area contributed by atoms with Crippen molar-refractivity contribution in [3.63, 3.8) is 0 Å². The van der Waals surface area contributed by atoms with E-state index in [4.69, 9.17) is 10.5 Å². The van der Waals surface area contributed by atoms with Crippen LogP contribution < -0.4 is 80.1 Å². The molecule has 0 atom stereocenters. The second-order valence-corrected chi connectivity index (χ2v) is 13.1. The van der Waals surface area contributed by atoms with Gasteiger partial charge in [-0.3, -0.25) is 10.1 Å². The topological polar surface area (TPSA) is 237 Å². The van der Waals surface area contributed by atoms with Gasteiger partial charge in [-0.2, -0.15) is 44.5 Å². The summed E-state index contributed by atoms with van der Waals surface area (Å²) in [7, 11) is 1.51. The Balaban J connectivity index is 0.00000372. The Morgan fingerprint density at radius 1 is 0.569 bits per heavy atom. The number of aromatic hydroxyl groups is 1. The zero-order valence-electron chi connectivity index (χ0n) is 31.6. The maximum Gasteiger partial charge on any atom is 1.00 e. The first-order valence-corrected chi connectivity index (χ1v) is 17.7. The zero-order valence-corrected chi connectivity index (χ0v) is 37.2. The van der Waals surface area contributed by atoms with Gasteiger partial charge < -0.3 is 26.1 Å². The molecule has 0 heterocycles. The van der Waals surface area contributed by atoms with Crippen LogP contribution in [0.3, 0.4) is 0 Å². The third-order valence-corrected chi connectivity index (χ3v) is 9.04. The molecule has 0 spiro atoms. The Hall–Kier alpha value is -4.16. The van der Waals surface area contributed by atoms with Crippen molar-refractivity contribution >= 4 is 86.0 Å². The fourth-order valence-corrected chi connectivity index (χ4v) is 6.01. The minimum Gasteiger partial charge on any atom is -0.691 e. The van der Waals surface area contributed by atoms with Crippen molar-refractivity contribution in [3.8, 4) is 11.5 Å². The normalized spacial score (nSPS) is 11.5. The number of rotatable bonds is 15. The number of ether oxygens (including phenoxy) is 1. The second kappa shape index (κ2) is 22.8. The summed E-state index contributed by atoms with van der Waals surface area (Å²) < 4.78 is 14.2. The van der Waals surface area contributed by atoms with E-state index in [1.54, 1.807) is 103 Å². The number of methoxy groups -OCH3 is 1. The number of benzene rings is 6. The average Bonchev–Trinajstić information content (AvgIpc) is 3.21. The number of hydrogen-bond acceptors (Lipinski definition) is 19. The third kappa shape index (κ3) is 12.4. The largest absolute Gasteiger partial charge is 1.00 e. The van der Waals surface area contributed by atoms with Crippen LogP contribution in [0.4, 0.5) is 51.2 Å². The molecule has 0 aliphatic rings. The van der Waals surface area contributed by atoms with Gasteiger partial charge in [-0.25, -0.2) is 0 Å². The smallest absolute Gasteiger partial charge is 0.691 e. The summed E-state index contributed by atoms with van der Waals surface area (Å²) >= 11 is 1.37. The molecule has 0 radical (unpaired) electrons. The molecule has 0 saturated carbocycles. The summed E-state index contributed by atoms with van der Waals surface area (Å²) in [4.78, 5) is 0.939. The number of phenols is 1. The Kier molecular flexibility index (Phi) is 18.3. The summed E-state index contributed by atoms with van der Waals surface area (Å²) in [6.07, 6.45) is 0. The van der Waals surface area contributed by atoms with E-state index < -0.39 is 0 Å². The van der Waals surface area contributed by atoms with Gasteiger partial charge in [0.05, 0.1) is 81.6 Å². The van der Waals surface area contributed by atoms with Crippen LogP contribution in [0.15, 0.2) is 154 Å². The van der Waals surface area contributed by atoms with Gasteiger partial charge in [-0.1, -0.05) is 0 Å². The van der Waals surface area contributed by atoms with Crippen LogP contribution in [0.1, 0.15) is 11.1 Å². The molecule has 0 bridgehead atoms. The monoisotopic (exact) mass is 837 g/mol. The number of phenolic OH excluding ortho intramolecular Hbond substituents is 1. The van der Waals surface area contributed by atoms with Gasteiger partial charge in [0, 0.05) is 16.3 Å². The van der Waals surface area contributed by atoms with Crippen LogP contribution in [-0.4, -0.2) is 12.2 Å². The van der Waals surface area contributed by atoms with Gasteiger partial charge in [-0.05, 0) is 127 Å². The molecular weight excluding hydrogens is 809 g/mol. The van der Waals surface area contributed by atoms with Crippen molar-refractivity contribution in [2.24, 2.45) is 40.9 Å². The zero-order chi connectivity index (χ0) is 39.4. The molecule has 0 unspecified atom stereocenters. The number of azo groups is 4. The van der Waals surface area contributed by atoms with E-state index in [0.29, 0.717) is 79.0 Å². The van der Waals surface area contributed by atoms with Crippen LogP contribution in [-0.2, 0) is 18.7 Å². The molecule has 0 fully saturated rings. The molecule has 0 amide bonds. The minimum atomic E-state index is -0.201. The Bertz CT molecular complexity index is 2480. The summed E-state index contributed by atoms with van der Waals surface area (Å²) in [6, 6.07) is 29.3. The number of hydrogen-bond donors (Lipinski definition) is 2. The first-order valence-electron chi connectivity index (χ1n) is 16.2. The van der Waals surface area contributed by atoms with Gasteiger partial charge in [0.2, 0.25) is 0 Å². The van der Waals surface area contributed by atoms with Crippen molar-refractivity contribution in [2.45, 2.75) is 23.6 Å². The maximum atomic E-state index is 11.2. The Morgan fingerprint density at radius 3 is 1.71 bits per heavy atom. The summed E-state index contributed by atoms with van der Waals surface area (Å²) in [5.74, 6) is 0.274. The van der Waals surface area contributed by atoms with E-state index in [0.717, 1.165) is 23.2 Å². The molecule has 17 nitrogen and oxygen atoms in total. The van der Waals surface area contributed by atoms with Gasteiger partial charge in [0.25, 0.3) is 0 Å². The molecule has 21 heteroatoms. The van der Waals surface area contributed by atoms with Crippen LogP contribution in [0, 0.1) is 13.8 Å². The van der Waals surface area contributed by atoms with Crippen LogP contribution in [0.25, 0.3) is 10.8 Å². The summed E-state index contributed by atoms with van der Waals surface area (Å²) in [5.41, 5.74) is 12.0. The van der Waals surface area contributed by atoms with Crippen LogP contribution in [0.2, 0.25) is 0 Å². The first-order chi connectivity index (χ1) is 27.2. The number of nitrogens with two attached hydrogens (primary N) is 1. The molecular formula is C37H29N9Na2O8S2. The number of anilines is 1. The fraction of sp³-hybridized carbons (Fsp3) is 0.0811. The number of aryl methyl sites for hydroxylation is 2. The fourth-order valence-electron chi connectivity index (χ4n) is 5.07. The molecule has 6 aromatic rings. The quantitative estimate of drug-likeness (QED) is 0.0353. The van der Waals surface area contributed by atoms with E-state index >= 15 is 0 Å². The van der Waals surface area contributed by atoms with Crippen LogP contribution >= 0.6 is 24.1 Å². The molecule has 0 aromatic heterocycles. The minimum absolute atomic E-state index is 0. The SMILES string of the molecule is COc1cc(N=Nc2ccc3c(O)c(N=Nc4ccc(N=Nc5ccc(N=Nc6ccc(SOO[O-])cc6C)cc5)c(C)c4)c(SOO[O-])cc3c2)ccc1N.[Na+].[Na+]. The molecule has 284 valence electrons. The van der Waals surface area contributed by atoms with E-state index in [1.165, 1.54) is 7.11 Å². The molecule has 6 rings (SSSR count). The molecule has 0 aliphatic heterocycles. The van der Waals surface area contributed by atoms with E-state index in [1.807, 2.05) is 13.8 Å². The van der Waals surface area contributed by atoms with Crippen molar-refractivity contribution < 1.29 is 98.2 Å². The van der Waals surface area contributed by atoms with Gasteiger partial charge in [-0.15, -0.1) is 5.11 Å². The first kappa shape index (κ1) is 46.5. The van der Waals surface area contributed by atoms with E-state index in [9.17, 15) is 15.6 Å². The molecule has 0 aliphatic carbocycles. The standard InChI is InChI=1S/C37H31N9O8S2.2Na/c1-21-16-26(10-14-32(21)44-39-24-4-6-25(7-5-24)40-45-33-15-11-29(17-22(33)2)55-53-51-48)43-46-36-35(56-54-52-49)19-23-18-27(8-12-30(23)37(36)47)41-42-28-9-13-31(38)34(20-28)50-3;;/h4-20,47-49H,38H2,1-3H3;;/q;2*+1/p-2. The third-order valence-electron chi connectivity index (χ3n) is 7.85. The van der Waals surface area contributed by atoms with Gasteiger partial charge in [0.15, 0.2) is 5.75 Å². The van der Waals surface area contributed by atoms with E-state index in [2.05, 4.69) is 59.7 Å². The number of nitrogen functional groups attached to an aromatic ring is 1. The Labute approximate surface area is 384 Å². The number of fused-ring (bicyclic) bond motifs is 1. The van der Waals surface area contributed by atoms with Crippen molar-refractivity contribution in [2.75, 3.05) is 12.8 Å². The van der Waals surface area contributed by atoms with E-state index in [-0.39, 0.29) is 75.4 Å². The molecule has 0 saturated heterocycles. The summed E-state index contributed by atoms with van der Waals surface area (Å²) in [5, 5.41) is 74.3. The van der Waals surface area contributed by atoms with Gasteiger partial charge in [0.1, 0.15) is 11.4 Å². The predicted molar refractivity (Wildman–Crippen MR) is 205 cm³/mol. The van der Waals surface area contributed by atoms with Gasteiger partial charge >= 0.3 is 59.1 Å². The van der Waals surface area contributed by atoms with Crippen molar-refractivity contribution in [1.29, 1.82) is 0 Å². The predicted octanol–water partition coefficient (Wildman–Crippen LogP) is 4.88. The van der Waals surface area contributed by atoms with Crippen LogP contribution in [0.5, 0.6) is 11.5 Å². The number of nitrogens with zero attached hydrogens (tertiary/aromatic N) is 8. The molecule has 58 heavy (non-hydrogen) atoms. The maximum absolute atomic E-state index is 11.2. The Morgan fingerprint density at radius 2 is 1.09 bits per heavy atom.